The van der Waals surface area contributed by atoms with Crippen molar-refractivity contribution in [3.63, 3.8) is 0 Å². The lowest BCUT2D eigenvalue weighted by Gasteiger charge is -2.68. The van der Waals surface area contributed by atoms with Gasteiger partial charge in [0, 0.05) is 48.0 Å². The number of carbonyl (C=O) groups is 4. The molecular formula is C29H40O6. The van der Waals surface area contributed by atoms with Crippen molar-refractivity contribution in [3.8, 4) is 0 Å². The number of hydrogen-bond donors (Lipinski definition) is 0. The SMILES string of the molecule is CC[C@@H](C=O)[C@@H]1C(=O)C=C2[C@]3(C)[C@H](OC(C)=O)[C@H](OC)[C@H]4C(C)(C)C(=O)C=C[C@]4(C)[C@H]3CC[C@]21C. The highest BCUT2D eigenvalue weighted by Crippen LogP contribution is 2.72. The summed E-state index contributed by atoms with van der Waals surface area (Å²) in [6.45, 7) is 13.7. The van der Waals surface area contributed by atoms with Crippen molar-refractivity contribution in [2.45, 2.75) is 79.9 Å². The molecule has 4 aliphatic carbocycles. The Kier molecular flexibility index (Phi) is 6.11. The van der Waals surface area contributed by atoms with Crippen LogP contribution in [0.4, 0.5) is 0 Å². The van der Waals surface area contributed by atoms with Crippen LogP contribution in [0.25, 0.3) is 0 Å². The second kappa shape index (κ2) is 8.22. The standard InChI is InChI=1S/C29H40O6/c1-9-17(15-30)22-18(32)14-20-27(22,5)12-10-19-28(6)13-11-21(33)26(3,4)24(28)23(34-8)25(29(19,20)7)35-16(2)31/h11,13-15,17,19,22-25H,9-10,12H2,1-8H3/t17-,19+,22+,23+,24-,25+,27+,28+,29+/m0/s1. The topological polar surface area (TPSA) is 86.7 Å². The van der Waals surface area contributed by atoms with E-state index in [1.165, 1.54) is 6.92 Å². The van der Waals surface area contributed by atoms with Crippen molar-refractivity contribution in [1.29, 1.82) is 0 Å². The van der Waals surface area contributed by atoms with E-state index in [1.54, 1.807) is 19.3 Å². The van der Waals surface area contributed by atoms with Crippen molar-refractivity contribution in [2.24, 2.45) is 45.3 Å². The Morgan fingerprint density at radius 2 is 1.86 bits per heavy atom. The molecule has 4 rings (SSSR count). The number of esters is 1. The van der Waals surface area contributed by atoms with Crippen LogP contribution in [0.15, 0.2) is 23.8 Å². The van der Waals surface area contributed by atoms with E-state index in [0.717, 1.165) is 24.7 Å². The van der Waals surface area contributed by atoms with E-state index in [4.69, 9.17) is 9.47 Å². The number of hydrogen-bond acceptors (Lipinski definition) is 6. The molecule has 0 aromatic rings. The second-order valence-corrected chi connectivity index (χ2v) is 12.4. The van der Waals surface area contributed by atoms with E-state index >= 15 is 0 Å². The van der Waals surface area contributed by atoms with Gasteiger partial charge in [-0.2, -0.15) is 0 Å². The Bertz CT molecular complexity index is 1020. The van der Waals surface area contributed by atoms with E-state index in [9.17, 15) is 19.2 Å². The summed E-state index contributed by atoms with van der Waals surface area (Å²) in [5.74, 6) is -1.35. The van der Waals surface area contributed by atoms with Gasteiger partial charge in [0.2, 0.25) is 0 Å². The highest BCUT2D eigenvalue weighted by Gasteiger charge is 2.72. The first-order chi connectivity index (χ1) is 16.2. The molecule has 6 heteroatoms. The van der Waals surface area contributed by atoms with Crippen LogP contribution in [-0.4, -0.2) is 43.1 Å². The Hall–Kier alpha value is -2.08. The quantitative estimate of drug-likeness (QED) is 0.422. The number of aldehydes is 1. The molecular weight excluding hydrogens is 444 g/mol. The minimum atomic E-state index is -0.710. The third kappa shape index (κ3) is 3.24. The number of ketones is 2. The van der Waals surface area contributed by atoms with Gasteiger partial charge in [0.1, 0.15) is 12.4 Å². The minimum Gasteiger partial charge on any atom is -0.459 e. The Morgan fingerprint density at radius 3 is 2.40 bits per heavy atom. The molecule has 0 bridgehead atoms. The summed E-state index contributed by atoms with van der Waals surface area (Å²) in [5, 5.41) is 0. The smallest absolute Gasteiger partial charge is 0.303 e. The summed E-state index contributed by atoms with van der Waals surface area (Å²) in [5.41, 5.74) is -1.36. The molecule has 0 saturated heterocycles. The number of allylic oxidation sites excluding steroid dienone is 3. The molecule has 0 aliphatic heterocycles. The first kappa shape index (κ1) is 26.0. The van der Waals surface area contributed by atoms with Gasteiger partial charge in [-0.1, -0.05) is 47.6 Å². The van der Waals surface area contributed by atoms with E-state index in [0.29, 0.717) is 6.42 Å². The normalized spacial score (nSPS) is 44.6. The lowest BCUT2D eigenvalue weighted by atomic mass is 9.37. The monoisotopic (exact) mass is 484 g/mol. The number of rotatable bonds is 5. The average Bonchev–Trinajstić information content (AvgIpc) is 3.05. The lowest BCUT2D eigenvalue weighted by Crippen LogP contribution is -2.70. The summed E-state index contributed by atoms with van der Waals surface area (Å²) in [4.78, 5) is 51.0. The molecule has 9 atom stereocenters. The molecule has 35 heavy (non-hydrogen) atoms. The van der Waals surface area contributed by atoms with E-state index < -0.39 is 45.8 Å². The van der Waals surface area contributed by atoms with Crippen LogP contribution < -0.4 is 0 Å². The molecule has 0 N–H and O–H groups in total. The third-order valence-electron chi connectivity index (χ3n) is 10.4. The van der Waals surface area contributed by atoms with Crippen LogP contribution in [0.5, 0.6) is 0 Å². The second-order valence-electron chi connectivity index (χ2n) is 12.4. The Balaban J connectivity index is 1.97. The predicted molar refractivity (Wildman–Crippen MR) is 131 cm³/mol. The maximum atomic E-state index is 13.5. The number of carbonyl (C=O) groups excluding carboxylic acids is 4. The van der Waals surface area contributed by atoms with Gasteiger partial charge in [0.25, 0.3) is 0 Å². The zero-order chi connectivity index (χ0) is 26.1. The van der Waals surface area contributed by atoms with Crippen LogP contribution >= 0.6 is 0 Å². The highest BCUT2D eigenvalue weighted by atomic mass is 16.6. The summed E-state index contributed by atoms with van der Waals surface area (Å²) >= 11 is 0. The van der Waals surface area contributed by atoms with Crippen molar-refractivity contribution in [1.82, 2.24) is 0 Å². The fourth-order valence-corrected chi connectivity index (χ4v) is 9.02. The molecule has 4 aliphatic rings. The molecule has 0 unspecified atom stereocenters. The third-order valence-corrected chi connectivity index (χ3v) is 10.4. The van der Waals surface area contributed by atoms with E-state index in [2.05, 4.69) is 20.8 Å². The van der Waals surface area contributed by atoms with Crippen molar-refractivity contribution >= 4 is 23.8 Å². The van der Waals surface area contributed by atoms with E-state index in [-0.39, 0.29) is 29.3 Å². The first-order valence-corrected chi connectivity index (χ1v) is 12.9. The summed E-state index contributed by atoms with van der Waals surface area (Å²) < 4.78 is 12.2. The molecule has 2 fully saturated rings. The van der Waals surface area contributed by atoms with Crippen LogP contribution in [0.3, 0.4) is 0 Å². The van der Waals surface area contributed by atoms with Crippen molar-refractivity contribution in [2.75, 3.05) is 7.11 Å². The molecule has 0 spiro atoms. The van der Waals surface area contributed by atoms with Gasteiger partial charge in [0.05, 0.1) is 6.10 Å². The summed E-state index contributed by atoms with van der Waals surface area (Å²) in [6, 6.07) is 0. The van der Waals surface area contributed by atoms with Gasteiger partial charge in [-0.25, -0.2) is 0 Å². The van der Waals surface area contributed by atoms with Gasteiger partial charge in [-0.15, -0.1) is 0 Å². The predicted octanol–water partition coefficient (Wildman–Crippen LogP) is 4.51. The maximum Gasteiger partial charge on any atom is 0.303 e. The maximum absolute atomic E-state index is 13.5. The van der Waals surface area contributed by atoms with Crippen LogP contribution in [-0.2, 0) is 28.7 Å². The van der Waals surface area contributed by atoms with Gasteiger partial charge in [-0.3, -0.25) is 14.4 Å². The molecule has 0 radical (unpaired) electrons. The number of ether oxygens (including phenoxy) is 2. The van der Waals surface area contributed by atoms with Gasteiger partial charge < -0.3 is 14.3 Å². The first-order valence-electron chi connectivity index (χ1n) is 12.9. The molecule has 0 aromatic heterocycles. The fourth-order valence-electron chi connectivity index (χ4n) is 9.02. The zero-order valence-electron chi connectivity index (χ0n) is 22.3. The largest absolute Gasteiger partial charge is 0.459 e. The minimum absolute atomic E-state index is 0.0131. The Labute approximate surface area is 208 Å². The lowest BCUT2D eigenvalue weighted by molar-refractivity contribution is -0.235. The molecule has 0 heterocycles. The van der Waals surface area contributed by atoms with Crippen LogP contribution in [0.2, 0.25) is 0 Å². The van der Waals surface area contributed by atoms with Crippen LogP contribution in [0, 0.1) is 45.3 Å². The molecule has 0 aromatic carbocycles. The van der Waals surface area contributed by atoms with Crippen LogP contribution in [0.1, 0.15) is 67.7 Å². The van der Waals surface area contributed by atoms with Crippen molar-refractivity contribution in [3.05, 3.63) is 23.8 Å². The van der Waals surface area contributed by atoms with E-state index in [1.807, 2.05) is 26.8 Å². The molecule has 6 nitrogen and oxygen atoms in total. The van der Waals surface area contributed by atoms with Gasteiger partial charge in [0.15, 0.2) is 11.6 Å². The molecule has 192 valence electrons. The van der Waals surface area contributed by atoms with Gasteiger partial charge >= 0.3 is 5.97 Å². The number of fused-ring (bicyclic) bond motifs is 5. The highest BCUT2D eigenvalue weighted by molar-refractivity contribution is 5.99. The fraction of sp³-hybridized carbons (Fsp3) is 0.724. The molecule has 2 saturated carbocycles. The Morgan fingerprint density at radius 1 is 1.20 bits per heavy atom. The summed E-state index contributed by atoms with van der Waals surface area (Å²) in [6.07, 6.45) is 7.37. The summed E-state index contributed by atoms with van der Waals surface area (Å²) in [7, 11) is 1.61. The zero-order valence-corrected chi connectivity index (χ0v) is 22.3. The molecule has 0 amide bonds. The van der Waals surface area contributed by atoms with Gasteiger partial charge in [-0.05, 0) is 48.3 Å². The van der Waals surface area contributed by atoms with Crippen molar-refractivity contribution < 1.29 is 28.7 Å². The average molecular weight is 485 g/mol. The number of methoxy groups -OCH3 is 1.